The second kappa shape index (κ2) is 10.8. The van der Waals surface area contributed by atoms with Crippen LogP contribution in [0.5, 0.6) is 0 Å². The molecular formula is C16H18O9. The van der Waals surface area contributed by atoms with E-state index in [-0.39, 0.29) is 24.3 Å². The average Bonchev–Trinajstić information content (AvgIpc) is 2.64. The van der Waals surface area contributed by atoms with Crippen molar-refractivity contribution in [3.63, 3.8) is 0 Å². The van der Waals surface area contributed by atoms with Crippen LogP contribution in [0.3, 0.4) is 0 Å². The molecule has 1 aromatic carbocycles. The van der Waals surface area contributed by atoms with E-state index in [1.165, 1.54) is 38.5 Å². The van der Waals surface area contributed by atoms with Gasteiger partial charge in [-0.05, 0) is 24.3 Å². The van der Waals surface area contributed by atoms with Crippen LogP contribution in [0.15, 0.2) is 24.3 Å². The van der Waals surface area contributed by atoms with Crippen LogP contribution in [0.25, 0.3) is 0 Å². The fourth-order valence-electron chi connectivity index (χ4n) is 1.50. The number of hydrogen-bond acceptors (Lipinski definition) is 9. The highest BCUT2D eigenvalue weighted by atomic mass is 16.6. The smallest absolute Gasteiger partial charge is 0.344 e. The number of esters is 4. The van der Waals surface area contributed by atoms with E-state index in [0.717, 1.165) is 0 Å². The van der Waals surface area contributed by atoms with E-state index in [2.05, 4.69) is 4.74 Å². The lowest BCUT2D eigenvalue weighted by molar-refractivity contribution is -0.148. The first-order chi connectivity index (χ1) is 12.0. The highest BCUT2D eigenvalue weighted by molar-refractivity contribution is 5.94. The summed E-state index contributed by atoms with van der Waals surface area (Å²) in [5.74, 6) is -2.88. The SMILES string of the molecule is COCCOC(=O)COC(=O)c1ccc(C(=O)OCC(=O)OC)cc1. The van der Waals surface area contributed by atoms with Gasteiger partial charge in [0, 0.05) is 7.11 Å². The second-order valence-electron chi connectivity index (χ2n) is 4.52. The molecular weight excluding hydrogens is 336 g/mol. The van der Waals surface area contributed by atoms with Crippen LogP contribution >= 0.6 is 0 Å². The molecule has 1 rings (SSSR count). The molecule has 1 aromatic rings. The van der Waals surface area contributed by atoms with Crippen molar-refractivity contribution in [3.05, 3.63) is 35.4 Å². The van der Waals surface area contributed by atoms with Crippen LogP contribution in [0, 0.1) is 0 Å². The van der Waals surface area contributed by atoms with Crippen molar-refractivity contribution in [1.82, 2.24) is 0 Å². The average molecular weight is 354 g/mol. The summed E-state index contributed by atoms with van der Waals surface area (Å²) in [6.45, 7) is -0.738. The van der Waals surface area contributed by atoms with Gasteiger partial charge in [0.2, 0.25) is 0 Å². The molecule has 0 aliphatic rings. The molecule has 0 bridgehead atoms. The summed E-state index contributed by atoms with van der Waals surface area (Å²) < 4.78 is 23.3. The molecule has 0 saturated carbocycles. The zero-order chi connectivity index (χ0) is 18.7. The normalized spacial score (nSPS) is 9.84. The fraction of sp³-hybridized carbons (Fsp3) is 0.375. The molecule has 136 valence electrons. The molecule has 0 fully saturated rings. The van der Waals surface area contributed by atoms with Gasteiger partial charge in [-0.1, -0.05) is 0 Å². The molecule has 0 atom stereocenters. The minimum absolute atomic E-state index is 0.0647. The Bertz CT molecular complexity index is 607. The molecule has 0 aliphatic heterocycles. The third kappa shape index (κ3) is 7.44. The molecule has 0 saturated heterocycles. The van der Waals surface area contributed by atoms with Crippen molar-refractivity contribution in [1.29, 1.82) is 0 Å². The Hall–Kier alpha value is -2.94. The summed E-state index contributed by atoms with van der Waals surface area (Å²) in [5.41, 5.74) is 0.272. The molecule has 0 aromatic heterocycles. The minimum atomic E-state index is -0.752. The van der Waals surface area contributed by atoms with Gasteiger partial charge in [-0.15, -0.1) is 0 Å². The zero-order valence-corrected chi connectivity index (χ0v) is 13.8. The van der Waals surface area contributed by atoms with E-state index >= 15 is 0 Å². The van der Waals surface area contributed by atoms with Crippen molar-refractivity contribution >= 4 is 23.9 Å². The molecule has 25 heavy (non-hydrogen) atoms. The van der Waals surface area contributed by atoms with E-state index in [9.17, 15) is 19.2 Å². The first-order valence-electron chi connectivity index (χ1n) is 7.13. The van der Waals surface area contributed by atoms with Crippen LogP contribution in [0.1, 0.15) is 20.7 Å². The Labute approximate surface area is 143 Å². The van der Waals surface area contributed by atoms with Crippen LogP contribution in [0.2, 0.25) is 0 Å². The largest absolute Gasteiger partial charge is 0.466 e. The third-order valence-electron chi connectivity index (χ3n) is 2.78. The van der Waals surface area contributed by atoms with E-state index in [4.69, 9.17) is 18.9 Å². The van der Waals surface area contributed by atoms with Crippen molar-refractivity contribution in [3.8, 4) is 0 Å². The van der Waals surface area contributed by atoms with Gasteiger partial charge in [0.15, 0.2) is 13.2 Å². The summed E-state index contributed by atoms with van der Waals surface area (Å²) in [4.78, 5) is 45.6. The fourth-order valence-corrected chi connectivity index (χ4v) is 1.50. The number of carbonyl (C=O) groups excluding carboxylic acids is 4. The quantitative estimate of drug-likeness (QED) is 0.352. The lowest BCUT2D eigenvalue weighted by atomic mass is 10.1. The zero-order valence-electron chi connectivity index (χ0n) is 13.8. The first-order valence-corrected chi connectivity index (χ1v) is 7.13. The number of carbonyl (C=O) groups is 4. The van der Waals surface area contributed by atoms with Gasteiger partial charge in [-0.3, -0.25) is 0 Å². The van der Waals surface area contributed by atoms with E-state index < -0.39 is 37.1 Å². The Morgan fingerprint density at radius 3 is 1.64 bits per heavy atom. The van der Waals surface area contributed by atoms with Crippen LogP contribution in [0.4, 0.5) is 0 Å². The summed E-state index contributed by atoms with van der Waals surface area (Å²) in [5, 5.41) is 0. The Kier molecular flexibility index (Phi) is 8.66. The van der Waals surface area contributed by atoms with Gasteiger partial charge in [0.25, 0.3) is 0 Å². The number of methoxy groups -OCH3 is 2. The number of rotatable bonds is 9. The van der Waals surface area contributed by atoms with Crippen LogP contribution < -0.4 is 0 Å². The van der Waals surface area contributed by atoms with E-state index in [0.29, 0.717) is 0 Å². The van der Waals surface area contributed by atoms with Crippen molar-refractivity contribution < 1.29 is 42.9 Å². The third-order valence-corrected chi connectivity index (χ3v) is 2.78. The second-order valence-corrected chi connectivity index (χ2v) is 4.52. The van der Waals surface area contributed by atoms with Gasteiger partial charge in [-0.2, -0.15) is 0 Å². The Morgan fingerprint density at radius 2 is 1.20 bits per heavy atom. The lowest BCUT2D eigenvalue weighted by Crippen LogP contribution is -2.18. The van der Waals surface area contributed by atoms with Gasteiger partial charge >= 0.3 is 23.9 Å². The topological polar surface area (TPSA) is 114 Å². The van der Waals surface area contributed by atoms with Crippen LogP contribution in [-0.2, 0) is 33.3 Å². The molecule has 0 amide bonds. The molecule has 9 nitrogen and oxygen atoms in total. The van der Waals surface area contributed by atoms with Gasteiger partial charge in [0.1, 0.15) is 6.61 Å². The van der Waals surface area contributed by atoms with Gasteiger partial charge < -0.3 is 23.7 Å². The molecule has 0 unspecified atom stereocenters. The maximum atomic E-state index is 11.8. The van der Waals surface area contributed by atoms with Crippen molar-refractivity contribution in [2.45, 2.75) is 0 Å². The molecule has 0 aliphatic carbocycles. The monoisotopic (exact) mass is 354 g/mol. The van der Waals surface area contributed by atoms with Crippen molar-refractivity contribution in [2.75, 3.05) is 40.6 Å². The summed E-state index contributed by atoms with van der Waals surface area (Å²) in [6, 6.07) is 5.31. The Morgan fingerprint density at radius 1 is 0.720 bits per heavy atom. The van der Waals surface area contributed by atoms with E-state index in [1.807, 2.05) is 0 Å². The molecule has 9 heteroatoms. The highest BCUT2D eigenvalue weighted by Crippen LogP contribution is 2.08. The van der Waals surface area contributed by atoms with Gasteiger partial charge in [0.05, 0.1) is 24.8 Å². The maximum absolute atomic E-state index is 11.8. The highest BCUT2D eigenvalue weighted by Gasteiger charge is 2.14. The number of benzene rings is 1. The predicted molar refractivity (Wildman–Crippen MR) is 81.9 cm³/mol. The van der Waals surface area contributed by atoms with E-state index in [1.54, 1.807) is 0 Å². The summed E-state index contributed by atoms with van der Waals surface area (Å²) >= 11 is 0. The number of hydrogen-bond donors (Lipinski definition) is 0. The summed E-state index contributed by atoms with van der Waals surface area (Å²) in [7, 11) is 2.63. The Balaban J connectivity index is 2.46. The standard InChI is InChI=1S/C16H18O9/c1-21-7-8-23-14(18)10-25-16(20)12-5-3-11(4-6-12)15(19)24-9-13(17)22-2/h3-6H,7-10H2,1-2H3. The predicted octanol–water partition coefficient (Wildman–Crippen LogP) is 0.363. The minimum Gasteiger partial charge on any atom is -0.466 e. The molecule has 0 N–H and O–H groups in total. The lowest BCUT2D eigenvalue weighted by Gasteiger charge is -2.06. The van der Waals surface area contributed by atoms with Crippen molar-refractivity contribution in [2.24, 2.45) is 0 Å². The molecule has 0 spiro atoms. The van der Waals surface area contributed by atoms with Crippen LogP contribution in [-0.4, -0.2) is 64.5 Å². The first kappa shape index (κ1) is 20.1. The molecule has 0 radical (unpaired) electrons. The molecule has 0 heterocycles. The summed E-state index contributed by atoms with van der Waals surface area (Å²) in [6.07, 6.45) is 0. The number of ether oxygens (including phenoxy) is 5. The maximum Gasteiger partial charge on any atom is 0.344 e. The van der Waals surface area contributed by atoms with Gasteiger partial charge in [-0.25, -0.2) is 19.2 Å².